The van der Waals surface area contributed by atoms with Crippen LogP contribution in [0.15, 0.2) is 24.3 Å². The number of hydrogen-bond acceptors (Lipinski definition) is 5. The van der Waals surface area contributed by atoms with E-state index in [1.165, 1.54) is 0 Å². The first-order valence-corrected chi connectivity index (χ1v) is 7.68. The molecule has 0 spiro atoms. The fourth-order valence-corrected chi connectivity index (χ4v) is 3.05. The summed E-state index contributed by atoms with van der Waals surface area (Å²) in [5.41, 5.74) is 7.80. The van der Waals surface area contributed by atoms with Crippen molar-refractivity contribution in [2.75, 3.05) is 7.11 Å². The van der Waals surface area contributed by atoms with Gasteiger partial charge in [-0.05, 0) is 32.4 Å². The van der Waals surface area contributed by atoms with E-state index in [4.69, 9.17) is 15.2 Å². The lowest BCUT2D eigenvalue weighted by atomic mass is 10.0. The molecule has 0 saturated carbocycles. The topological polar surface area (TPSA) is 57.4 Å². The number of aromatic nitrogens is 1. The fourth-order valence-electron chi connectivity index (χ4n) is 2.06. The standard InChI is InChI=1S/C16H22N2O2S/c1-11-7-5-6-8-13(11)20-10-14-18-12(9-19-4)15(21-14)16(2,3)17/h5-8H,9-10,17H2,1-4H3. The van der Waals surface area contributed by atoms with Crippen molar-refractivity contribution in [1.29, 1.82) is 0 Å². The van der Waals surface area contributed by atoms with Crippen molar-refractivity contribution in [3.05, 3.63) is 45.4 Å². The number of para-hydroxylation sites is 1. The monoisotopic (exact) mass is 306 g/mol. The minimum atomic E-state index is -0.424. The van der Waals surface area contributed by atoms with Crippen LogP contribution in [0.4, 0.5) is 0 Å². The Hall–Kier alpha value is -1.43. The van der Waals surface area contributed by atoms with E-state index in [-0.39, 0.29) is 0 Å². The molecular formula is C16H22N2O2S. The van der Waals surface area contributed by atoms with Crippen LogP contribution in [0, 0.1) is 6.92 Å². The second kappa shape index (κ2) is 6.56. The molecule has 1 heterocycles. The second-order valence-corrected chi connectivity index (χ2v) is 6.68. The lowest BCUT2D eigenvalue weighted by molar-refractivity contribution is 0.180. The Bertz CT molecular complexity index is 603. The average Bonchev–Trinajstić information content (AvgIpc) is 2.81. The SMILES string of the molecule is COCc1nc(COc2ccccc2C)sc1C(C)(C)N. The van der Waals surface area contributed by atoms with Crippen LogP contribution in [0.1, 0.15) is 35.0 Å². The maximum atomic E-state index is 6.21. The van der Waals surface area contributed by atoms with E-state index in [0.29, 0.717) is 13.2 Å². The van der Waals surface area contributed by atoms with Gasteiger partial charge in [-0.3, -0.25) is 0 Å². The van der Waals surface area contributed by atoms with Crippen molar-refractivity contribution in [1.82, 2.24) is 4.98 Å². The smallest absolute Gasteiger partial charge is 0.140 e. The second-order valence-electron chi connectivity index (χ2n) is 5.59. The van der Waals surface area contributed by atoms with Gasteiger partial charge in [0.25, 0.3) is 0 Å². The van der Waals surface area contributed by atoms with E-state index < -0.39 is 5.54 Å². The Morgan fingerprint density at radius 3 is 2.57 bits per heavy atom. The lowest BCUT2D eigenvalue weighted by Gasteiger charge is -2.17. The summed E-state index contributed by atoms with van der Waals surface area (Å²) >= 11 is 1.59. The lowest BCUT2D eigenvalue weighted by Crippen LogP contribution is -2.28. The molecular weight excluding hydrogens is 284 g/mol. The van der Waals surface area contributed by atoms with Gasteiger partial charge in [-0.2, -0.15) is 0 Å². The largest absolute Gasteiger partial charge is 0.486 e. The molecule has 0 aliphatic carbocycles. The van der Waals surface area contributed by atoms with Crippen LogP contribution in [0.3, 0.4) is 0 Å². The van der Waals surface area contributed by atoms with Gasteiger partial charge in [0.15, 0.2) is 0 Å². The number of ether oxygens (including phenoxy) is 2. The first kappa shape index (κ1) is 15.9. The van der Waals surface area contributed by atoms with Crippen LogP contribution in [0.25, 0.3) is 0 Å². The van der Waals surface area contributed by atoms with Crippen molar-refractivity contribution in [2.45, 2.75) is 39.5 Å². The van der Waals surface area contributed by atoms with Crippen molar-refractivity contribution < 1.29 is 9.47 Å². The van der Waals surface area contributed by atoms with Gasteiger partial charge in [0, 0.05) is 17.5 Å². The summed E-state index contributed by atoms with van der Waals surface area (Å²) in [6.07, 6.45) is 0. The molecule has 0 aliphatic rings. The Balaban J connectivity index is 2.16. The van der Waals surface area contributed by atoms with E-state index in [1.807, 2.05) is 45.0 Å². The molecule has 0 radical (unpaired) electrons. The van der Waals surface area contributed by atoms with Crippen LogP contribution in [0.2, 0.25) is 0 Å². The van der Waals surface area contributed by atoms with Crippen LogP contribution in [-0.2, 0) is 23.5 Å². The third kappa shape index (κ3) is 4.03. The molecule has 0 atom stereocenters. The number of hydrogen-bond donors (Lipinski definition) is 1. The molecule has 21 heavy (non-hydrogen) atoms. The summed E-state index contributed by atoms with van der Waals surface area (Å²) in [5, 5.41) is 0.916. The summed E-state index contributed by atoms with van der Waals surface area (Å²) < 4.78 is 11.1. The highest BCUT2D eigenvalue weighted by atomic mass is 32.1. The van der Waals surface area contributed by atoms with E-state index >= 15 is 0 Å². The Morgan fingerprint density at radius 1 is 1.24 bits per heavy atom. The molecule has 1 aromatic heterocycles. The van der Waals surface area contributed by atoms with Crippen molar-refractivity contribution in [3.63, 3.8) is 0 Å². The summed E-state index contributed by atoms with van der Waals surface area (Å²) in [6.45, 7) is 6.90. The van der Waals surface area contributed by atoms with E-state index in [0.717, 1.165) is 26.9 Å². The normalized spacial score (nSPS) is 11.7. The summed E-state index contributed by atoms with van der Waals surface area (Å²) in [6, 6.07) is 7.96. The van der Waals surface area contributed by atoms with Crippen LogP contribution >= 0.6 is 11.3 Å². The highest BCUT2D eigenvalue weighted by Gasteiger charge is 2.23. The number of nitrogens with zero attached hydrogens (tertiary/aromatic N) is 1. The molecule has 0 aliphatic heterocycles. The first-order valence-electron chi connectivity index (χ1n) is 6.87. The van der Waals surface area contributed by atoms with Gasteiger partial charge in [0.1, 0.15) is 17.4 Å². The summed E-state index contributed by atoms with van der Waals surface area (Å²) in [4.78, 5) is 5.65. The van der Waals surface area contributed by atoms with Gasteiger partial charge in [-0.15, -0.1) is 11.3 Å². The van der Waals surface area contributed by atoms with Gasteiger partial charge in [0.2, 0.25) is 0 Å². The highest BCUT2D eigenvalue weighted by Crippen LogP contribution is 2.29. The van der Waals surface area contributed by atoms with Crippen molar-refractivity contribution in [3.8, 4) is 5.75 Å². The van der Waals surface area contributed by atoms with Gasteiger partial charge in [0.05, 0.1) is 12.3 Å². The molecule has 2 rings (SSSR count). The Labute approximate surface area is 129 Å². The Morgan fingerprint density at radius 2 is 1.95 bits per heavy atom. The number of methoxy groups -OCH3 is 1. The molecule has 0 unspecified atom stereocenters. The number of nitrogens with two attached hydrogens (primary N) is 1. The highest BCUT2D eigenvalue weighted by molar-refractivity contribution is 7.11. The fraction of sp³-hybridized carbons (Fsp3) is 0.438. The summed E-state index contributed by atoms with van der Waals surface area (Å²) in [5.74, 6) is 0.884. The molecule has 0 fully saturated rings. The molecule has 114 valence electrons. The number of thiazole rings is 1. The zero-order chi connectivity index (χ0) is 15.5. The van der Waals surface area contributed by atoms with Crippen LogP contribution in [0.5, 0.6) is 5.75 Å². The maximum absolute atomic E-state index is 6.21. The molecule has 1 aromatic carbocycles. The first-order chi connectivity index (χ1) is 9.91. The van der Waals surface area contributed by atoms with Gasteiger partial charge in [-0.25, -0.2) is 4.98 Å². The zero-order valence-electron chi connectivity index (χ0n) is 13.0. The van der Waals surface area contributed by atoms with E-state index in [1.54, 1.807) is 18.4 Å². The Kier molecular flexibility index (Phi) is 4.98. The predicted molar refractivity (Wildman–Crippen MR) is 85.6 cm³/mol. The van der Waals surface area contributed by atoms with E-state index in [2.05, 4.69) is 4.98 Å². The molecule has 4 nitrogen and oxygen atoms in total. The van der Waals surface area contributed by atoms with Crippen molar-refractivity contribution >= 4 is 11.3 Å². The number of rotatable bonds is 6. The molecule has 0 saturated heterocycles. The third-order valence-electron chi connectivity index (χ3n) is 3.05. The quantitative estimate of drug-likeness (QED) is 0.889. The van der Waals surface area contributed by atoms with E-state index in [9.17, 15) is 0 Å². The maximum Gasteiger partial charge on any atom is 0.140 e. The van der Waals surface area contributed by atoms with Gasteiger partial charge >= 0.3 is 0 Å². The van der Waals surface area contributed by atoms with Gasteiger partial charge in [-0.1, -0.05) is 18.2 Å². The van der Waals surface area contributed by atoms with Crippen LogP contribution in [-0.4, -0.2) is 12.1 Å². The molecule has 0 amide bonds. The molecule has 5 heteroatoms. The van der Waals surface area contributed by atoms with Crippen LogP contribution < -0.4 is 10.5 Å². The third-order valence-corrected chi connectivity index (χ3v) is 4.46. The van der Waals surface area contributed by atoms with Gasteiger partial charge < -0.3 is 15.2 Å². The minimum absolute atomic E-state index is 0.424. The molecule has 0 bridgehead atoms. The van der Waals surface area contributed by atoms with Crippen molar-refractivity contribution in [2.24, 2.45) is 5.73 Å². The summed E-state index contributed by atoms with van der Waals surface area (Å²) in [7, 11) is 1.66. The number of benzene rings is 1. The zero-order valence-corrected chi connectivity index (χ0v) is 13.8. The average molecular weight is 306 g/mol. The molecule has 2 N–H and O–H groups in total. The minimum Gasteiger partial charge on any atom is -0.486 e. The number of aryl methyl sites for hydroxylation is 1. The molecule has 2 aromatic rings. The predicted octanol–water partition coefficient (Wildman–Crippen LogP) is 3.37.